The molecule has 0 bridgehead atoms. The summed E-state index contributed by atoms with van der Waals surface area (Å²) in [5, 5.41) is 22.6. The summed E-state index contributed by atoms with van der Waals surface area (Å²) in [6.45, 7) is 12.8. The molecule has 188 valence electrons. The van der Waals surface area contributed by atoms with Gasteiger partial charge in [0.1, 0.15) is 17.5 Å². The predicted molar refractivity (Wildman–Crippen MR) is 130 cm³/mol. The minimum Gasteiger partial charge on any atom is -0.507 e. The number of benzene rings is 1. The van der Waals surface area contributed by atoms with Crippen LogP contribution in [-0.2, 0) is 19.2 Å². The lowest BCUT2D eigenvalue weighted by Gasteiger charge is -2.64. The number of phenols is 1. The van der Waals surface area contributed by atoms with Crippen LogP contribution < -0.4 is 0 Å². The molecule has 0 spiro atoms. The van der Waals surface area contributed by atoms with Crippen LogP contribution >= 0.6 is 0 Å². The average Bonchev–Trinajstić information content (AvgIpc) is 3.63. The van der Waals surface area contributed by atoms with Gasteiger partial charge in [0.25, 0.3) is 0 Å². The summed E-state index contributed by atoms with van der Waals surface area (Å²) in [5.74, 6) is -8.37. The predicted octanol–water partition coefficient (Wildman–Crippen LogP) is 3.26. The van der Waals surface area contributed by atoms with Crippen molar-refractivity contribution in [3.63, 3.8) is 0 Å². The van der Waals surface area contributed by atoms with Crippen molar-refractivity contribution in [2.24, 2.45) is 34.5 Å². The van der Waals surface area contributed by atoms with Crippen LogP contribution in [0.4, 0.5) is 0 Å². The zero-order valence-corrected chi connectivity index (χ0v) is 20.7. The van der Waals surface area contributed by atoms with Crippen LogP contribution in [-0.4, -0.2) is 44.7 Å². The van der Waals surface area contributed by atoms with E-state index >= 15 is 0 Å². The largest absolute Gasteiger partial charge is 0.507 e. The van der Waals surface area contributed by atoms with E-state index in [1.54, 1.807) is 26.0 Å². The molecular formula is C29H30O7. The summed E-state index contributed by atoms with van der Waals surface area (Å²) < 4.78 is 0. The average molecular weight is 491 g/mol. The number of carbonyl (C=O) groups excluding carboxylic acids is 5. The van der Waals surface area contributed by atoms with Gasteiger partial charge in [-0.05, 0) is 55.2 Å². The Morgan fingerprint density at radius 3 is 2.33 bits per heavy atom. The molecule has 4 aliphatic rings. The number of rotatable bonds is 4. The fourth-order valence-electron chi connectivity index (χ4n) is 7.38. The highest BCUT2D eigenvalue weighted by atomic mass is 16.3. The molecule has 5 rings (SSSR count). The van der Waals surface area contributed by atoms with E-state index in [9.17, 15) is 34.2 Å². The van der Waals surface area contributed by atoms with Crippen molar-refractivity contribution >= 4 is 34.5 Å². The maximum atomic E-state index is 14.2. The molecule has 6 atom stereocenters. The number of allylic oxidation sites excluding steroid dienone is 2. The summed E-state index contributed by atoms with van der Waals surface area (Å²) in [5.41, 5.74) is -3.97. The molecule has 4 aliphatic carbocycles. The quantitative estimate of drug-likeness (QED) is 0.490. The minimum absolute atomic E-state index is 0.0762. The van der Waals surface area contributed by atoms with Gasteiger partial charge in [0, 0.05) is 17.3 Å². The molecule has 0 radical (unpaired) electrons. The van der Waals surface area contributed by atoms with Crippen LogP contribution in [0.2, 0.25) is 0 Å². The van der Waals surface area contributed by atoms with E-state index in [1.165, 1.54) is 6.07 Å². The van der Waals surface area contributed by atoms with Gasteiger partial charge >= 0.3 is 0 Å². The first-order valence-electron chi connectivity index (χ1n) is 12.3. The van der Waals surface area contributed by atoms with Gasteiger partial charge in [0.2, 0.25) is 0 Å². The maximum Gasteiger partial charge on any atom is 0.190 e. The third kappa shape index (κ3) is 2.75. The van der Waals surface area contributed by atoms with E-state index in [-0.39, 0.29) is 30.1 Å². The van der Waals surface area contributed by atoms with E-state index in [1.807, 2.05) is 0 Å². The lowest BCUT2D eigenvalue weighted by atomic mass is 9.37. The lowest BCUT2D eigenvalue weighted by Crippen LogP contribution is -2.76. The Morgan fingerprint density at radius 2 is 1.75 bits per heavy atom. The zero-order chi connectivity index (χ0) is 26.5. The maximum absolute atomic E-state index is 14.2. The first-order chi connectivity index (χ1) is 16.7. The number of Topliss-reactive ketones (excluding diaryl/α,β-unsaturated/α-hetero) is 5. The molecule has 3 saturated carbocycles. The second-order valence-electron chi connectivity index (χ2n) is 11.5. The summed E-state index contributed by atoms with van der Waals surface area (Å²) in [4.78, 5) is 67.3. The van der Waals surface area contributed by atoms with Crippen LogP contribution in [0.1, 0.15) is 62.4 Å². The van der Waals surface area contributed by atoms with Gasteiger partial charge in [-0.2, -0.15) is 0 Å². The zero-order valence-electron chi connectivity index (χ0n) is 20.7. The van der Waals surface area contributed by atoms with Crippen molar-refractivity contribution in [1.82, 2.24) is 0 Å². The molecule has 0 heterocycles. The third-order valence-corrected chi connectivity index (χ3v) is 9.57. The Bertz CT molecular complexity index is 1320. The topological polar surface area (TPSA) is 126 Å². The van der Waals surface area contributed by atoms with E-state index in [4.69, 9.17) is 0 Å². The van der Waals surface area contributed by atoms with Crippen molar-refractivity contribution < 1.29 is 34.2 Å². The smallest absolute Gasteiger partial charge is 0.190 e. The van der Waals surface area contributed by atoms with Crippen molar-refractivity contribution in [1.29, 1.82) is 0 Å². The number of aliphatic hydroxyl groups is 1. The monoisotopic (exact) mass is 490 g/mol. The third-order valence-electron chi connectivity index (χ3n) is 9.57. The highest BCUT2D eigenvalue weighted by molar-refractivity contribution is 6.33. The van der Waals surface area contributed by atoms with Gasteiger partial charge in [0.05, 0.1) is 11.5 Å². The molecule has 7 heteroatoms. The van der Waals surface area contributed by atoms with Gasteiger partial charge in [0.15, 0.2) is 28.7 Å². The molecule has 1 aromatic carbocycles. The molecule has 36 heavy (non-hydrogen) atoms. The second kappa shape index (κ2) is 7.42. The number of hydrogen-bond acceptors (Lipinski definition) is 7. The van der Waals surface area contributed by atoms with Gasteiger partial charge in [-0.3, -0.25) is 24.0 Å². The van der Waals surface area contributed by atoms with E-state index in [0.717, 1.165) is 25.3 Å². The van der Waals surface area contributed by atoms with Crippen molar-refractivity contribution in [3.05, 3.63) is 48.1 Å². The highest BCUT2D eigenvalue weighted by Gasteiger charge is 2.77. The number of aromatic hydroxyl groups is 1. The number of ketones is 5. The molecule has 0 aromatic heterocycles. The SMILES string of the molecule is C=C(C[C@H]1[C@]2(C)C(=C)c3cccc(O)c3C(=O)C2C(=O)[C@]2(O)C(=O)C(C(C)=O)C(=O)C[C@]12C)C1CC1. The van der Waals surface area contributed by atoms with Gasteiger partial charge < -0.3 is 10.2 Å². The molecule has 1 aromatic rings. The number of phenolic OH excluding ortho intramolecular Hbond substituents is 1. The molecule has 0 saturated heterocycles. The lowest BCUT2D eigenvalue weighted by molar-refractivity contribution is -0.202. The second-order valence-corrected chi connectivity index (χ2v) is 11.5. The summed E-state index contributed by atoms with van der Waals surface area (Å²) >= 11 is 0. The van der Waals surface area contributed by atoms with E-state index < -0.39 is 63.1 Å². The summed E-state index contributed by atoms with van der Waals surface area (Å²) in [6, 6.07) is 4.57. The Labute approximate surface area is 209 Å². The molecule has 3 fully saturated rings. The van der Waals surface area contributed by atoms with Crippen LogP contribution in [0.25, 0.3) is 5.57 Å². The first kappa shape index (κ1) is 24.5. The number of carbonyl (C=O) groups is 5. The van der Waals surface area contributed by atoms with Gasteiger partial charge in [-0.15, -0.1) is 0 Å². The normalized spacial score (nSPS) is 37.8. The number of fused-ring (bicyclic) bond motifs is 3. The Hall–Kier alpha value is -3.19. The molecule has 7 nitrogen and oxygen atoms in total. The Balaban J connectivity index is 1.80. The van der Waals surface area contributed by atoms with Crippen molar-refractivity contribution in [2.75, 3.05) is 0 Å². The molecule has 0 amide bonds. The van der Waals surface area contributed by atoms with Crippen LogP contribution in [0.15, 0.2) is 36.9 Å². The van der Waals surface area contributed by atoms with E-state index in [0.29, 0.717) is 11.1 Å². The Morgan fingerprint density at radius 1 is 1.11 bits per heavy atom. The van der Waals surface area contributed by atoms with Crippen molar-refractivity contribution in [2.45, 2.75) is 52.1 Å². The molecule has 2 N–H and O–H groups in total. The van der Waals surface area contributed by atoms with Crippen LogP contribution in [0.3, 0.4) is 0 Å². The Kier molecular flexibility index (Phi) is 5.05. The van der Waals surface area contributed by atoms with Crippen LogP contribution in [0, 0.1) is 34.5 Å². The number of hydrogen-bond donors (Lipinski definition) is 2. The van der Waals surface area contributed by atoms with E-state index in [2.05, 4.69) is 13.2 Å². The van der Waals surface area contributed by atoms with Gasteiger partial charge in [-0.1, -0.05) is 44.7 Å². The highest BCUT2D eigenvalue weighted by Crippen LogP contribution is 2.68. The summed E-state index contributed by atoms with van der Waals surface area (Å²) in [6.07, 6.45) is 1.80. The van der Waals surface area contributed by atoms with Gasteiger partial charge in [-0.25, -0.2) is 0 Å². The standard InChI is InChI=1S/C29H30O7/c1-13(16-9-10-16)11-20-27(4)12-19(32)21(15(3)30)25(34)29(27,36)26(35)23-24(33)22-17(7-6-8-18(22)31)14(2)28(20,23)5/h6-8,16,20-21,23,31,36H,1-2,9-12H2,3-5H3/t20-,21?,23?,27-,28+,29-/m1/s1. The first-order valence-corrected chi connectivity index (χ1v) is 12.3. The fraction of sp³-hybridized carbons (Fsp3) is 0.483. The minimum atomic E-state index is -2.73. The molecule has 0 aliphatic heterocycles. The molecular weight excluding hydrogens is 460 g/mol. The summed E-state index contributed by atoms with van der Waals surface area (Å²) in [7, 11) is 0. The molecule has 2 unspecified atom stereocenters. The van der Waals surface area contributed by atoms with Crippen LogP contribution in [0.5, 0.6) is 5.75 Å². The van der Waals surface area contributed by atoms with Crippen molar-refractivity contribution in [3.8, 4) is 5.75 Å². The fourth-order valence-corrected chi connectivity index (χ4v) is 7.38.